The summed E-state index contributed by atoms with van der Waals surface area (Å²) in [5, 5.41) is 9.81. The summed E-state index contributed by atoms with van der Waals surface area (Å²) in [5.41, 5.74) is 0.981. The van der Waals surface area contributed by atoms with E-state index < -0.39 is 5.60 Å². The lowest BCUT2D eigenvalue weighted by molar-refractivity contribution is 0.0697. The Hall–Kier alpha value is -1.13. The summed E-state index contributed by atoms with van der Waals surface area (Å²) in [7, 11) is 0. The highest BCUT2D eigenvalue weighted by molar-refractivity contribution is 9.10. The lowest BCUT2D eigenvalue weighted by atomic mass is 10.1. The number of imidazole rings is 1. The number of nitrogens with one attached hydrogen (secondary N) is 1. The Morgan fingerprint density at radius 3 is 2.56 bits per heavy atom. The van der Waals surface area contributed by atoms with Crippen LogP contribution in [-0.2, 0) is 5.60 Å². The van der Waals surface area contributed by atoms with Gasteiger partial charge >= 0.3 is 0 Å². The standard InChI is InChI=1S/C12H13BrN2O/c1-12(2,16)11-14-7-10(15-11)8-5-3-4-6-9(8)13/h3-7,16H,1-2H3,(H,14,15). The number of H-pyrrole nitrogens is 1. The molecule has 0 saturated heterocycles. The second kappa shape index (κ2) is 4.03. The summed E-state index contributed by atoms with van der Waals surface area (Å²) in [6.45, 7) is 3.41. The highest BCUT2D eigenvalue weighted by atomic mass is 79.9. The largest absolute Gasteiger partial charge is 0.383 e. The van der Waals surface area contributed by atoms with Gasteiger partial charge in [0, 0.05) is 10.0 Å². The molecule has 0 aliphatic heterocycles. The fourth-order valence-electron chi connectivity index (χ4n) is 1.45. The minimum atomic E-state index is -0.945. The fourth-order valence-corrected chi connectivity index (χ4v) is 1.95. The minimum absolute atomic E-state index is 0.568. The molecule has 0 bridgehead atoms. The van der Waals surface area contributed by atoms with Crippen LogP contribution in [0.2, 0.25) is 0 Å². The molecule has 0 fully saturated rings. The summed E-state index contributed by atoms with van der Waals surface area (Å²) in [4.78, 5) is 7.30. The van der Waals surface area contributed by atoms with Crippen molar-refractivity contribution in [1.82, 2.24) is 9.97 Å². The predicted octanol–water partition coefficient (Wildman–Crippen LogP) is 3.07. The summed E-state index contributed by atoms with van der Waals surface area (Å²) in [6.07, 6.45) is 1.73. The number of hydrogen-bond acceptors (Lipinski definition) is 2. The van der Waals surface area contributed by atoms with Crippen LogP contribution in [0.4, 0.5) is 0 Å². The molecule has 4 heteroatoms. The monoisotopic (exact) mass is 280 g/mol. The Morgan fingerprint density at radius 2 is 2.00 bits per heavy atom. The summed E-state index contributed by atoms with van der Waals surface area (Å²) in [5.74, 6) is 0.568. The van der Waals surface area contributed by atoms with E-state index in [9.17, 15) is 5.11 Å². The van der Waals surface area contributed by atoms with Crippen LogP contribution in [0.5, 0.6) is 0 Å². The van der Waals surface area contributed by atoms with Gasteiger partial charge in [0.2, 0.25) is 0 Å². The normalized spacial score (nSPS) is 11.8. The van der Waals surface area contributed by atoms with Gasteiger partial charge in [0.1, 0.15) is 11.4 Å². The lowest BCUT2D eigenvalue weighted by Crippen LogP contribution is -2.17. The molecule has 84 valence electrons. The van der Waals surface area contributed by atoms with E-state index in [4.69, 9.17) is 0 Å². The molecule has 0 radical (unpaired) electrons. The van der Waals surface area contributed by atoms with Gasteiger partial charge in [-0.25, -0.2) is 4.98 Å². The first-order valence-corrected chi connectivity index (χ1v) is 5.80. The van der Waals surface area contributed by atoms with Crippen molar-refractivity contribution >= 4 is 15.9 Å². The first-order valence-electron chi connectivity index (χ1n) is 5.01. The zero-order valence-corrected chi connectivity index (χ0v) is 10.7. The third-order valence-corrected chi connectivity index (χ3v) is 3.01. The Morgan fingerprint density at radius 1 is 1.31 bits per heavy atom. The molecule has 0 atom stereocenters. The van der Waals surface area contributed by atoms with E-state index in [1.807, 2.05) is 24.3 Å². The van der Waals surface area contributed by atoms with Crippen LogP contribution in [0.1, 0.15) is 19.7 Å². The molecule has 0 saturated carbocycles. The van der Waals surface area contributed by atoms with Crippen molar-refractivity contribution in [2.24, 2.45) is 0 Å². The maximum Gasteiger partial charge on any atom is 0.138 e. The van der Waals surface area contributed by atoms with Crippen molar-refractivity contribution in [2.75, 3.05) is 0 Å². The van der Waals surface area contributed by atoms with E-state index in [0.29, 0.717) is 5.82 Å². The van der Waals surface area contributed by atoms with Gasteiger partial charge in [-0.1, -0.05) is 34.1 Å². The molecule has 2 aromatic rings. The summed E-state index contributed by atoms with van der Waals surface area (Å²) >= 11 is 3.48. The molecule has 3 nitrogen and oxygen atoms in total. The van der Waals surface area contributed by atoms with Gasteiger partial charge in [-0.15, -0.1) is 0 Å². The van der Waals surface area contributed by atoms with Crippen molar-refractivity contribution in [1.29, 1.82) is 0 Å². The van der Waals surface area contributed by atoms with E-state index in [-0.39, 0.29) is 0 Å². The van der Waals surface area contributed by atoms with Crippen LogP contribution >= 0.6 is 15.9 Å². The topological polar surface area (TPSA) is 48.9 Å². The smallest absolute Gasteiger partial charge is 0.138 e. The lowest BCUT2D eigenvalue weighted by Gasteiger charge is -2.13. The van der Waals surface area contributed by atoms with Gasteiger partial charge in [-0.05, 0) is 19.9 Å². The number of nitrogens with zero attached hydrogens (tertiary/aromatic N) is 1. The van der Waals surface area contributed by atoms with Gasteiger partial charge in [-0.2, -0.15) is 0 Å². The number of rotatable bonds is 2. The van der Waals surface area contributed by atoms with E-state index in [1.54, 1.807) is 20.0 Å². The van der Waals surface area contributed by atoms with E-state index >= 15 is 0 Å². The number of hydrogen-bond donors (Lipinski definition) is 2. The van der Waals surface area contributed by atoms with Gasteiger partial charge in [0.15, 0.2) is 0 Å². The van der Waals surface area contributed by atoms with Gasteiger partial charge < -0.3 is 10.1 Å². The van der Waals surface area contributed by atoms with Crippen molar-refractivity contribution in [3.05, 3.63) is 40.8 Å². The molecule has 1 heterocycles. The third-order valence-electron chi connectivity index (χ3n) is 2.32. The number of aromatic nitrogens is 2. The number of aliphatic hydroxyl groups is 1. The van der Waals surface area contributed by atoms with E-state index in [2.05, 4.69) is 25.9 Å². The van der Waals surface area contributed by atoms with Crippen molar-refractivity contribution in [2.45, 2.75) is 19.4 Å². The van der Waals surface area contributed by atoms with Crippen molar-refractivity contribution in [3.63, 3.8) is 0 Å². The highest BCUT2D eigenvalue weighted by Crippen LogP contribution is 2.28. The quantitative estimate of drug-likeness (QED) is 0.888. The first-order chi connectivity index (χ1) is 7.48. The summed E-state index contributed by atoms with van der Waals surface area (Å²) < 4.78 is 1.00. The minimum Gasteiger partial charge on any atom is -0.383 e. The molecule has 2 rings (SSSR count). The Balaban J connectivity index is 2.44. The molecular weight excluding hydrogens is 268 g/mol. The second-order valence-electron chi connectivity index (χ2n) is 4.18. The zero-order valence-electron chi connectivity index (χ0n) is 9.16. The average molecular weight is 281 g/mol. The van der Waals surface area contributed by atoms with Crippen LogP contribution in [0, 0.1) is 0 Å². The number of aromatic amines is 1. The SMILES string of the molecule is CC(C)(O)c1ncc(-c2ccccc2Br)[nH]1. The highest BCUT2D eigenvalue weighted by Gasteiger charge is 2.20. The van der Waals surface area contributed by atoms with Crippen LogP contribution in [-0.4, -0.2) is 15.1 Å². The molecule has 0 aliphatic rings. The van der Waals surface area contributed by atoms with Crippen molar-refractivity contribution in [3.8, 4) is 11.3 Å². The first kappa shape index (κ1) is 11.4. The summed E-state index contributed by atoms with van der Waals surface area (Å²) in [6, 6.07) is 7.89. The Bertz CT molecular complexity index is 500. The average Bonchev–Trinajstić information content (AvgIpc) is 2.66. The van der Waals surface area contributed by atoms with Crippen LogP contribution in [0.3, 0.4) is 0 Å². The molecule has 1 aromatic carbocycles. The maximum atomic E-state index is 9.81. The molecule has 16 heavy (non-hydrogen) atoms. The Kier molecular flexibility index (Phi) is 2.86. The molecule has 0 spiro atoms. The molecule has 2 N–H and O–H groups in total. The van der Waals surface area contributed by atoms with Gasteiger partial charge in [0.25, 0.3) is 0 Å². The number of benzene rings is 1. The van der Waals surface area contributed by atoms with E-state index in [1.165, 1.54) is 0 Å². The molecule has 0 unspecified atom stereocenters. The van der Waals surface area contributed by atoms with E-state index in [0.717, 1.165) is 15.7 Å². The molecular formula is C12H13BrN2O. The maximum absolute atomic E-state index is 9.81. The molecule has 1 aromatic heterocycles. The van der Waals surface area contributed by atoms with Crippen LogP contribution in [0.15, 0.2) is 34.9 Å². The van der Waals surface area contributed by atoms with Gasteiger partial charge in [-0.3, -0.25) is 0 Å². The Labute approximate surface area is 103 Å². The second-order valence-corrected chi connectivity index (χ2v) is 5.04. The third kappa shape index (κ3) is 2.18. The number of halogens is 1. The molecule has 0 amide bonds. The van der Waals surface area contributed by atoms with Crippen LogP contribution in [0.25, 0.3) is 11.3 Å². The fraction of sp³-hybridized carbons (Fsp3) is 0.250. The predicted molar refractivity (Wildman–Crippen MR) is 67.0 cm³/mol. The zero-order chi connectivity index (χ0) is 11.8. The van der Waals surface area contributed by atoms with Crippen LogP contribution < -0.4 is 0 Å². The molecule has 0 aliphatic carbocycles. The van der Waals surface area contributed by atoms with Crippen molar-refractivity contribution < 1.29 is 5.11 Å². The van der Waals surface area contributed by atoms with Gasteiger partial charge in [0.05, 0.1) is 11.9 Å².